The zero-order valence-corrected chi connectivity index (χ0v) is 16.9. The van der Waals surface area contributed by atoms with Gasteiger partial charge < -0.3 is 10.2 Å². The highest BCUT2D eigenvalue weighted by Gasteiger charge is 2.38. The molecule has 1 N–H and O–H groups in total. The van der Waals surface area contributed by atoms with E-state index in [0.29, 0.717) is 18.5 Å². The molecule has 7 heteroatoms. The lowest BCUT2D eigenvalue weighted by atomic mass is 9.93. The normalized spacial score (nSPS) is 20.3. The largest absolute Gasteiger partial charge is 0.416 e. The molecule has 0 spiro atoms. The Kier molecular flexibility index (Phi) is 6.48. The Morgan fingerprint density at radius 1 is 1.13 bits per heavy atom. The van der Waals surface area contributed by atoms with E-state index >= 15 is 0 Å². The molecule has 3 atom stereocenters. The first-order valence-electron chi connectivity index (χ1n) is 9.91. The van der Waals surface area contributed by atoms with Gasteiger partial charge >= 0.3 is 6.18 Å². The van der Waals surface area contributed by atoms with Gasteiger partial charge in [-0.05, 0) is 29.2 Å². The minimum atomic E-state index is -4.37. The molecule has 0 aromatic heterocycles. The van der Waals surface area contributed by atoms with Gasteiger partial charge in [0.1, 0.15) is 0 Å². The molecular formula is C23H25F3N2O2. The summed E-state index contributed by atoms with van der Waals surface area (Å²) in [5.74, 6) is -0.391. The molecule has 1 aliphatic heterocycles. The molecule has 30 heavy (non-hydrogen) atoms. The molecule has 2 aromatic carbocycles. The van der Waals surface area contributed by atoms with Gasteiger partial charge in [-0.1, -0.05) is 49.4 Å². The number of likely N-dealkylation sites (tertiary alicyclic amines) is 1. The van der Waals surface area contributed by atoms with Crippen LogP contribution in [0, 0.1) is 5.92 Å². The van der Waals surface area contributed by atoms with Crippen LogP contribution in [0.5, 0.6) is 0 Å². The number of benzene rings is 2. The van der Waals surface area contributed by atoms with Crippen LogP contribution in [0.3, 0.4) is 0 Å². The van der Waals surface area contributed by atoms with Crippen molar-refractivity contribution in [2.24, 2.45) is 5.92 Å². The van der Waals surface area contributed by atoms with Crippen molar-refractivity contribution in [3.05, 3.63) is 71.3 Å². The van der Waals surface area contributed by atoms with Gasteiger partial charge in [0.2, 0.25) is 11.8 Å². The molecule has 0 aliphatic carbocycles. The van der Waals surface area contributed by atoms with E-state index in [9.17, 15) is 22.8 Å². The average Bonchev–Trinajstić information content (AvgIpc) is 3.00. The number of nitrogens with zero attached hydrogens (tertiary/aromatic N) is 1. The molecule has 1 saturated heterocycles. The first kappa shape index (κ1) is 21.9. The maximum atomic E-state index is 12.7. The summed E-state index contributed by atoms with van der Waals surface area (Å²) >= 11 is 0. The molecular weight excluding hydrogens is 393 g/mol. The van der Waals surface area contributed by atoms with Gasteiger partial charge in [0, 0.05) is 32.4 Å². The molecule has 1 fully saturated rings. The number of nitrogens with one attached hydrogen (secondary N) is 1. The predicted octanol–water partition coefficient (Wildman–Crippen LogP) is 4.53. The summed E-state index contributed by atoms with van der Waals surface area (Å²) in [6.07, 6.45) is -3.84. The molecule has 0 saturated carbocycles. The van der Waals surface area contributed by atoms with Crippen LogP contribution in [-0.2, 0) is 15.8 Å². The number of alkyl halides is 3. The van der Waals surface area contributed by atoms with Crippen LogP contribution < -0.4 is 5.32 Å². The Morgan fingerprint density at radius 3 is 2.37 bits per heavy atom. The van der Waals surface area contributed by atoms with Crippen molar-refractivity contribution in [1.29, 1.82) is 0 Å². The van der Waals surface area contributed by atoms with Crippen molar-refractivity contribution in [2.75, 3.05) is 13.6 Å². The van der Waals surface area contributed by atoms with E-state index in [2.05, 4.69) is 5.32 Å². The van der Waals surface area contributed by atoms with Gasteiger partial charge in [0.15, 0.2) is 0 Å². The van der Waals surface area contributed by atoms with E-state index in [1.54, 1.807) is 11.9 Å². The highest BCUT2D eigenvalue weighted by Crippen LogP contribution is 2.36. The number of carbonyl (C=O) groups is 2. The van der Waals surface area contributed by atoms with E-state index in [0.717, 1.165) is 17.7 Å². The first-order valence-corrected chi connectivity index (χ1v) is 9.91. The Labute approximate surface area is 174 Å². The molecule has 2 amide bonds. The van der Waals surface area contributed by atoms with Crippen molar-refractivity contribution in [2.45, 2.75) is 37.9 Å². The molecule has 0 radical (unpaired) electrons. The Morgan fingerprint density at radius 2 is 1.77 bits per heavy atom. The lowest BCUT2D eigenvalue weighted by Crippen LogP contribution is -2.33. The van der Waals surface area contributed by atoms with E-state index < -0.39 is 11.7 Å². The Balaban J connectivity index is 1.57. The summed E-state index contributed by atoms with van der Waals surface area (Å²) in [6.45, 7) is 2.18. The maximum Gasteiger partial charge on any atom is 0.416 e. The minimum absolute atomic E-state index is 0.0322. The third-order valence-corrected chi connectivity index (χ3v) is 5.70. The average molecular weight is 418 g/mol. The smallest absolute Gasteiger partial charge is 0.356 e. The summed E-state index contributed by atoms with van der Waals surface area (Å²) in [6, 6.07) is 14.5. The van der Waals surface area contributed by atoms with Gasteiger partial charge in [-0.15, -0.1) is 0 Å². The summed E-state index contributed by atoms with van der Waals surface area (Å²) in [4.78, 5) is 26.4. The van der Waals surface area contributed by atoms with Crippen molar-refractivity contribution < 1.29 is 22.8 Å². The fourth-order valence-corrected chi connectivity index (χ4v) is 3.99. The molecule has 1 heterocycles. The van der Waals surface area contributed by atoms with E-state index in [1.165, 1.54) is 12.1 Å². The molecule has 3 rings (SSSR count). The van der Waals surface area contributed by atoms with Crippen molar-refractivity contribution in [3.8, 4) is 0 Å². The van der Waals surface area contributed by atoms with Crippen molar-refractivity contribution in [1.82, 2.24) is 10.2 Å². The van der Waals surface area contributed by atoms with Crippen LogP contribution in [0.15, 0.2) is 54.6 Å². The topological polar surface area (TPSA) is 49.4 Å². The third kappa shape index (κ3) is 5.01. The summed E-state index contributed by atoms with van der Waals surface area (Å²) < 4.78 is 38.1. The number of halogens is 3. The number of carbonyl (C=O) groups excluding carboxylic acids is 2. The second-order valence-corrected chi connectivity index (χ2v) is 7.85. The van der Waals surface area contributed by atoms with Crippen LogP contribution in [0.25, 0.3) is 0 Å². The summed E-state index contributed by atoms with van der Waals surface area (Å²) in [5, 5.41) is 2.90. The fourth-order valence-electron chi connectivity index (χ4n) is 3.99. The maximum absolute atomic E-state index is 12.7. The standard InChI is InChI=1S/C23H25F3N2O2/c1-15(16-8-10-19(11-9-16)23(24,25)26)12-20(29)27-14-18-13-21(30)28(2)22(18)17-6-4-3-5-7-17/h3-11,15,18,22H,12-14H2,1-2H3,(H,27,29)/t15-,18-,22+/m1/s1. The van der Waals surface area contributed by atoms with Gasteiger partial charge in [-0.3, -0.25) is 9.59 Å². The van der Waals surface area contributed by atoms with Gasteiger partial charge in [0.25, 0.3) is 0 Å². The third-order valence-electron chi connectivity index (χ3n) is 5.70. The zero-order chi connectivity index (χ0) is 21.9. The molecule has 4 nitrogen and oxygen atoms in total. The Hall–Kier alpha value is -2.83. The van der Waals surface area contributed by atoms with E-state index in [-0.39, 0.29) is 36.1 Å². The van der Waals surface area contributed by atoms with E-state index in [4.69, 9.17) is 0 Å². The van der Waals surface area contributed by atoms with Crippen LogP contribution in [0.1, 0.15) is 48.4 Å². The molecule has 1 aliphatic rings. The van der Waals surface area contributed by atoms with Crippen LogP contribution in [-0.4, -0.2) is 30.3 Å². The molecule has 0 bridgehead atoms. The van der Waals surface area contributed by atoms with Crippen LogP contribution in [0.2, 0.25) is 0 Å². The van der Waals surface area contributed by atoms with Crippen molar-refractivity contribution in [3.63, 3.8) is 0 Å². The zero-order valence-electron chi connectivity index (χ0n) is 16.9. The quantitative estimate of drug-likeness (QED) is 0.749. The fraction of sp³-hybridized carbons (Fsp3) is 0.391. The Bertz CT molecular complexity index is 882. The number of hydrogen-bond donors (Lipinski definition) is 1. The van der Waals surface area contributed by atoms with Gasteiger partial charge in [-0.2, -0.15) is 13.2 Å². The number of hydrogen-bond acceptors (Lipinski definition) is 2. The highest BCUT2D eigenvalue weighted by molar-refractivity contribution is 5.80. The lowest BCUT2D eigenvalue weighted by Gasteiger charge is -2.25. The lowest BCUT2D eigenvalue weighted by molar-refractivity contribution is -0.137. The van der Waals surface area contributed by atoms with Gasteiger partial charge in [0.05, 0.1) is 11.6 Å². The number of amides is 2. The summed E-state index contributed by atoms with van der Waals surface area (Å²) in [5.41, 5.74) is 1.00. The SMILES string of the molecule is C[C@H](CC(=O)NC[C@H]1CC(=O)N(C)[C@H]1c1ccccc1)c1ccc(C(F)(F)F)cc1. The molecule has 2 aromatic rings. The van der Waals surface area contributed by atoms with Crippen LogP contribution in [0.4, 0.5) is 13.2 Å². The number of rotatable bonds is 6. The highest BCUT2D eigenvalue weighted by atomic mass is 19.4. The molecule has 0 unspecified atom stereocenters. The first-order chi connectivity index (χ1) is 14.2. The van der Waals surface area contributed by atoms with Gasteiger partial charge in [-0.25, -0.2) is 0 Å². The van der Waals surface area contributed by atoms with Crippen LogP contribution >= 0.6 is 0 Å². The second-order valence-electron chi connectivity index (χ2n) is 7.85. The molecule has 160 valence electrons. The second kappa shape index (κ2) is 8.90. The monoisotopic (exact) mass is 418 g/mol. The predicted molar refractivity (Wildman–Crippen MR) is 108 cm³/mol. The van der Waals surface area contributed by atoms with E-state index in [1.807, 2.05) is 37.3 Å². The minimum Gasteiger partial charge on any atom is -0.356 e. The summed E-state index contributed by atoms with van der Waals surface area (Å²) in [7, 11) is 1.77. The van der Waals surface area contributed by atoms with Crippen molar-refractivity contribution >= 4 is 11.8 Å².